The smallest absolute Gasteiger partial charge is 0.221 e. The Labute approximate surface area is 113 Å². The molecule has 0 saturated carbocycles. The van der Waals surface area contributed by atoms with E-state index in [-0.39, 0.29) is 11.3 Å². The molecular weight excluding hydrogens is 248 g/mol. The molecule has 1 aromatic rings. The third kappa shape index (κ3) is 3.72. The first-order chi connectivity index (χ1) is 8.65. The van der Waals surface area contributed by atoms with E-state index in [9.17, 15) is 4.79 Å². The number of benzene rings is 1. The third-order valence-corrected chi connectivity index (χ3v) is 3.60. The Balaban J connectivity index is 1.93. The van der Waals surface area contributed by atoms with Crippen LogP contribution in [0.3, 0.4) is 0 Å². The molecule has 1 saturated heterocycles. The van der Waals surface area contributed by atoms with E-state index in [2.05, 4.69) is 10.2 Å². The summed E-state index contributed by atoms with van der Waals surface area (Å²) in [6.45, 7) is 4.73. The van der Waals surface area contributed by atoms with Crippen LogP contribution in [0.25, 0.3) is 0 Å². The maximum atomic E-state index is 10.9. The second kappa shape index (κ2) is 6.21. The molecule has 4 heteroatoms. The quantitative estimate of drug-likeness (QED) is 0.850. The Morgan fingerprint density at radius 1 is 1.33 bits per heavy atom. The lowest BCUT2D eigenvalue weighted by molar-refractivity contribution is -0.114. The number of carbonyl (C=O) groups excluding carboxylic acids is 1. The van der Waals surface area contributed by atoms with Gasteiger partial charge in [-0.15, -0.1) is 11.6 Å². The number of anilines is 1. The highest BCUT2D eigenvalue weighted by atomic mass is 35.5. The SMILES string of the molecule is CC(=O)Nc1ccc(C(Cl)CN2CCCC2)cc1. The highest BCUT2D eigenvalue weighted by molar-refractivity contribution is 6.21. The lowest BCUT2D eigenvalue weighted by Gasteiger charge is -2.19. The van der Waals surface area contributed by atoms with Gasteiger partial charge in [-0.3, -0.25) is 4.79 Å². The van der Waals surface area contributed by atoms with Crippen molar-refractivity contribution in [3.8, 4) is 0 Å². The number of alkyl halides is 1. The maximum Gasteiger partial charge on any atom is 0.221 e. The fourth-order valence-corrected chi connectivity index (χ4v) is 2.62. The van der Waals surface area contributed by atoms with Crippen LogP contribution in [0.1, 0.15) is 30.7 Å². The summed E-state index contributed by atoms with van der Waals surface area (Å²) in [5.74, 6) is -0.0535. The largest absolute Gasteiger partial charge is 0.326 e. The fourth-order valence-electron chi connectivity index (χ4n) is 2.28. The molecule has 18 heavy (non-hydrogen) atoms. The van der Waals surface area contributed by atoms with Crippen LogP contribution in [0.15, 0.2) is 24.3 Å². The zero-order chi connectivity index (χ0) is 13.0. The molecule has 3 nitrogen and oxygen atoms in total. The highest BCUT2D eigenvalue weighted by Gasteiger charge is 2.16. The number of rotatable bonds is 4. The van der Waals surface area contributed by atoms with Gasteiger partial charge in [-0.2, -0.15) is 0 Å². The van der Waals surface area contributed by atoms with Crippen molar-refractivity contribution in [1.82, 2.24) is 4.90 Å². The number of halogens is 1. The van der Waals surface area contributed by atoms with Gasteiger partial charge < -0.3 is 10.2 Å². The van der Waals surface area contributed by atoms with Crippen molar-refractivity contribution >= 4 is 23.2 Å². The van der Waals surface area contributed by atoms with E-state index in [0.717, 1.165) is 30.9 Å². The van der Waals surface area contributed by atoms with Gasteiger partial charge in [-0.1, -0.05) is 12.1 Å². The van der Waals surface area contributed by atoms with Crippen LogP contribution in [0, 0.1) is 0 Å². The van der Waals surface area contributed by atoms with Crippen molar-refractivity contribution in [3.63, 3.8) is 0 Å². The van der Waals surface area contributed by atoms with E-state index in [1.54, 1.807) is 0 Å². The van der Waals surface area contributed by atoms with Crippen molar-refractivity contribution in [1.29, 1.82) is 0 Å². The van der Waals surface area contributed by atoms with Crippen molar-refractivity contribution in [2.75, 3.05) is 25.0 Å². The van der Waals surface area contributed by atoms with Crippen molar-refractivity contribution in [2.24, 2.45) is 0 Å². The molecule has 0 bridgehead atoms. The van der Waals surface area contributed by atoms with Crippen LogP contribution in [0.4, 0.5) is 5.69 Å². The second-order valence-corrected chi connectivity index (χ2v) is 5.31. The van der Waals surface area contributed by atoms with Gasteiger partial charge in [-0.05, 0) is 43.6 Å². The molecular formula is C14H19ClN2O. The molecule has 1 N–H and O–H groups in total. The Morgan fingerprint density at radius 2 is 1.94 bits per heavy atom. The van der Waals surface area contributed by atoms with Crippen LogP contribution in [-0.2, 0) is 4.79 Å². The number of nitrogens with one attached hydrogen (secondary N) is 1. The number of likely N-dealkylation sites (tertiary alicyclic amines) is 1. The molecule has 98 valence electrons. The number of hydrogen-bond acceptors (Lipinski definition) is 2. The summed E-state index contributed by atoms with van der Waals surface area (Å²) in [6.07, 6.45) is 2.57. The van der Waals surface area contributed by atoms with Crippen LogP contribution >= 0.6 is 11.6 Å². The molecule has 1 fully saturated rings. The average molecular weight is 267 g/mol. The van der Waals surface area contributed by atoms with Gasteiger partial charge >= 0.3 is 0 Å². The molecule has 0 radical (unpaired) electrons. The third-order valence-electron chi connectivity index (χ3n) is 3.21. The zero-order valence-electron chi connectivity index (χ0n) is 10.7. The predicted octanol–water partition coefficient (Wildman–Crippen LogP) is 3.02. The molecule has 1 unspecified atom stereocenters. The van der Waals surface area contributed by atoms with E-state index in [1.165, 1.54) is 19.8 Å². The molecule has 1 atom stereocenters. The first-order valence-corrected chi connectivity index (χ1v) is 6.83. The summed E-state index contributed by atoms with van der Waals surface area (Å²) in [6, 6.07) is 7.77. The lowest BCUT2D eigenvalue weighted by Crippen LogP contribution is -2.23. The zero-order valence-corrected chi connectivity index (χ0v) is 11.4. The fraction of sp³-hybridized carbons (Fsp3) is 0.500. The van der Waals surface area contributed by atoms with Crippen molar-refractivity contribution in [2.45, 2.75) is 25.1 Å². The van der Waals surface area contributed by atoms with Gasteiger partial charge in [-0.25, -0.2) is 0 Å². The molecule has 1 amide bonds. The van der Waals surface area contributed by atoms with Gasteiger partial charge in [0.15, 0.2) is 0 Å². The van der Waals surface area contributed by atoms with E-state index in [1.807, 2.05) is 24.3 Å². The first kappa shape index (κ1) is 13.4. The topological polar surface area (TPSA) is 32.3 Å². The Bertz CT molecular complexity index is 399. The molecule has 0 aromatic heterocycles. The number of amides is 1. The standard InChI is InChI=1S/C14H19ClN2O/c1-11(18)16-13-6-4-12(5-7-13)14(15)10-17-8-2-3-9-17/h4-7,14H,2-3,8-10H2,1H3,(H,16,18). The molecule has 2 rings (SSSR count). The minimum absolute atomic E-state index is 0.0227. The molecule has 1 aliphatic rings. The molecule has 0 aliphatic carbocycles. The lowest BCUT2D eigenvalue weighted by atomic mass is 10.1. The maximum absolute atomic E-state index is 10.9. The summed E-state index contributed by atoms with van der Waals surface area (Å²) >= 11 is 6.42. The predicted molar refractivity (Wildman–Crippen MR) is 75.0 cm³/mol. The minimum Gasteiger partial charge on any atom is -0.326 e. The van der Waals surface area contributed by atoms with Crippen molar-refractivity contribution in [3.05, 3.63) is 29.8 Å². The molecule has 1 aliphatic heterocycles. The summed E-state index contributed by atoms with van der Waals surface area (Å²) < 4.78 is 0. The Morgan fingerprint density at radius 3 is 2.50 bits per heavy atom. The average Bonchev–Trinajstić information content (AvgIpc) is 2.82. The van der Waals surface area contributed by atoms with Crippen molar-refractivity contribution < 1.29 is 4.79 Å². The molecule has 1 heterocycles. The van der Waals surface area contributed by atoms with Crippen LogP contribution in [0.5, 0.6) is 0 Å². The van der Waals surface area contributed by atoms with E-state index in [0.29, 0.717) is 0 Å². The molecule has 1 aromatic carbocycles. The Kier molecular flexibility index (Phi) is 4.61. The normalized spacial score (nSPS) is 17.7. The summed E-state index contributed by atoms with van der Waals surface area (Å²) in [7, 11) is 0. The van der Waals surface area contributed by atoms with Gasteiger partial charge in [0.25, 0.3) is 0 Å². The number of hydrogen-bond donors (Lipinski definition) is 1. The molecule has 0 spiro atoms. The van der Waals surface area contributed by atoms with E-state index < -0.39 is 0 Å². The highest BCUT2D eigenvalue weighted by Crippen LogP contribution is 2.24. The number of nitrogens with zero attached hydrogens (tertiary/aromatic N) is 1. The van der Waals surface area contributed by atoms with Crippen LogP contribution in [0.2, 0.25) is 0 Å². The van der Waals surface area contributed by atoms with Gasteiger partial charge in [0.05, 0.1) is 5.38 Å². The van der Waals surface area contributed by atoms with Gasteiger partial charge in [0, 0.05) is 19.2 Å². The summed E-state index contributed by atoms with van der Waals surface area (Å²) in [5, 5.41) is 2.77. The van der Waals surface area contributed by atoms with E-state index in [4.69, 9.17) is 11.6 Å². The number of carbonyl (C=O) groups is 1. The Hall–Kier alpha value is -1.06. The minimum atomic E-state index is -0.0535. The second-order valence-electron chi connectivity index (χ2n) is 4.78. The monoisotopic (exact) mass is 266 g/mol. The van der Waals surface area contributed by atoms with Crippen LogP contribution in [-0.4, -0.2) is 30.4 Å². The van der Waals surface area contributed by atoms with Gasteiger partial charge in [0.1, 0.15) is 0 Å². The summed E-state index contributed by atoms with van der Waals surface area (Å²) in [5.41, 5.74) is 1.92. The summed E-state index contributed by atoms with van der Waals surface area (Å²) in [4.78, 5) is 13.3. The van der Waals surface area contributed by atoms with Crippen LogP contribution < -0.4 is 5.32 Å². The first-order valence-electron chi connectivity index (χ1n) is 6.39. The van der Waals surface area contributed by atoms with Gasteiger partial charge in [0.2, 0.25) is 5.91 Å². The van der Waals surface area contributed by atoms with E-state index >= 15 is 0 Å².